The standard InChI is InChI=1S/C10H15NO5/c1-6(9(13)14)4-11-5-7(3-8(11)12)10(15)16-2/h6-7H,3-5H2,1-2H3,(H,13,14). The molecule has 0 saturated carbocycles. The Kier molecular flexibility index (Phi) is 3.87. The number of methoxy groups -OCH3 is 1. The highest BCUT2D eigenvalue weighted by atomic mass is 16.5. The Hall–Kier alpha value is -1.59. The summed E-state index contributed by atoms with van der Waals surface area (Å²) in [6.45, 7) is 1.92. The second kappa shape index (κ2) is 4.96. The lowest BCUT2D eigenvalue weighted by molar-refractivity contribution is -0.145. The number of hydrogen-bond acceptors (Lipinski definition) is 4. The Labute approximate surface area is 93.2 Å². The van der Waals surface area contributed by atoms with Gasteiger partial charge in [0, 0.05) is 19.5 Å². The Morgan fingerprint density at radius 3 is 2.75 bits per heavy atom. The maximum absolute atomic E-state index is 11.5. The number of carbonyl (C=O) groups is 3. The lowest BCUT2D eigenvalue weighted by atomic mass is 10.1. The van der Waals surface area contributed by atoms with Crippen LogP contribution < -0.4 is 0 Å². The van der Waals surface area contributed by atoms with Crippen molar-refractivity contribution in [1.82, 2.24) is 4.90 Å². The van der Waals surface area contributed by atoms with Gasteiger partial charge >= 0.3 is 11.9 Å². The van der Waals surface area contributed by atoms with E-state index >= 15 is 0 Å². The second-order valence-corrected chi connectivity index (χ2v) is 3.96. The maximum atomic E-state index is 11.5. The third-order valence-corrected chi connectivity index (χ3v) is 2.66. The third-order valence-electron chi connectivity index (χ3n) is 2.66. The Balaban J connectivity index is 2.55. The molecule has 0 aromatic carbocycles. The van der Waals surface area contributed by atoms with E-state index in [1.807, 2.05) is 0 Å². The van der Waals surface area contributed by atoms with Crippen molar-refractivity contribution in [2.24, 2.45) is 11.8 Å². The highest BCUT2D eigenvalue weighted by Gasteiger charge is 2.36. The molecule has 1 aliphatic heterocycles. The maximum Gasteiger partial charge on any atom is 0.310 e. The molecule has 0 aliphatic carbocycles. The summed E-state index contributed by atoms with van der Waals surface area (Å²) in [5.74, 6) is -2.64. The second-order valence-electron chi connectivity index (χ2n) is 3.96. The molecule has 1 amide bonds. The number of esters is 1. The molecule has 1 N–H and O–H groups in total. The number of carboxylic acids is 1. The predicted molar refractivity (Wildman–Crippen MR) is 53.5 cm³/mol. The van der Waals surface area contributed by atoms with Crippen LogP contribution in [0.1, 0.15) is 13.3 Å². The Morgan fingerprint density at radius 1 is 1.62 bits per heavy atom. The molecule has 1 rings (SSSR count). The number of nitrogens with zero attached hydrogens (tertiary/aromatic N) is 1. The lowest BCUT2D eigenvalue weighted by Gasteiger charge is -2.18. The van der Waals surface area contributed by atoms with Crippen LogP contribution in [-0.2, 0) is 19.1 Å². The van der Waals surface area contributed by atoms with E-state index in [9.17, 15) is 14.4 Å². The van der Waals surface area contributed by atoms with Crippen LogP contribution in [0.25, 0.3) is 0 Å². The van der Waals surface area contributed by atoms with Gasteiger partial charge in [-0.05, 0) is 0 Å². The summed E-state index contributed by atoms with van der Waals surface area (Å²) in [4.78, 5) is 34.7. The van der Waals surface area contributed by atoms with Gasteiger partial charge in [-0.1, -0.05) is 6.92 Å². The zero-order chi connectivity index (χ0) is 12.3. The average Bonchev–Trinajstić information content (AvgIpc) is 2.59. The summed E-state index contributed by atoms with van der Waals surface area (Å²) in [7, 11) is 1.27. The summed E-state index contributed by atoms with van der Waals surface area (Å²) in [6.07, 6.45) is 0.110. The zero-order valence-electron chi connectivity index (χ0n) is 9.30. The van der Waals surface area contributed by atoms with Gasteiger partial charge in [0.25, 0.3) is 0 Å². The van der Waals surface area contributed by atoms with Crippen LogP contribution in [0, 0.1) is 11.8 Å². The van der Waals surface area contributed by atoms with Gasteiger partial charge in [0.05, 0.1) is 18.9 Å². The molecule has 2 unspecified atom stereocenters. The van der Waals surface area contributed by atoms with E-state index in [4.69, 9.17) is 5.11 Å². The molecule has 90 valence electrons. The number of amides is 1. The van der Waals surface area contributed by atoms with Gasteiger partial charge in [-0.2, -0.15) is 0 Å². The number of hydrogen-bond donors (Lipinski definition) is 1. The van der Waals surface area contributed by atoms with Crippen LogP contribution in [-0.4, -0.2) is 48.1 Å². The molecule has 0 bridgehead atoms. The van der Waals surface area contributed by atoms with Gasteiger partial charge in [0.15, 0.2) is 0 Å². The zero-order valence-corrected chi connectivity index (χ0v) is 9.30. The predicted octanol–water partition coefficient (Wildman–Crippen LogP) is -0.271. The third kappa shape index (κ3) is 2.71. The van der Waals surface area contributed by atoms with Crippen LogP contribution in [0.5, 0.6) is 0 Å². The van der Waals surface area contributed by atoms with Crippen molar-refractivity contribution in [2.45, 2.75) is 13.3 Å². The number of ether oxygens (including phenoxy) is 1. The molecular weight excluding hydrogens is 214 g/mol. The van der Waals surface area contributed by atoms with Crippen LogP contribution in [0.4, 0.5) is 0 Å². The molecule has 0 spiro atoms. The molecule has 1 fully saturated rings. The minimum Gasteiger partial charge on any atom is -0.481 e. The number of aliphatic carboxylic acids is 1. The molecule has 2 atom stereocenters. The van der Waals surface area contributed by atoms with E-state index in [1.54, 1.807) is 0 Å². The first-order chi connectivity index (χ1) is 7.45. The average molecular weight is 229 g/mol. The fourth-order valence-corrected chi connectivity index (χ4v) is 1.68. The Bertz CT molecular complexity index is 314. The first kappa shape index (κ1) is 12.5. The van der Waals surface area contributed by atoms with Gasteiger partial charge in [0.1, 0.15) is 0 Å². The van der Waals surface area contributed by atoms with E-state index in [0.717, 1.165) is 0 Å². The lowest BCUT2D eigenvalue weighted by Crippen LogP contribution is -2.33. The molecular formula is C10H15NO5. The van der Waals surface area contributed by atoms with Crippen molar-refractivity contribution in [1.29, 1.82) is 0 Å². The molecule has 1 aliphatic rings. The van der Waals surface area contributed by atoms with Crippen molar-refractivity contribution in [3.05, 3.63) is 0 Å². The van der Waals surface area contributed by atoms with Gasteiger partial charge in [-0.25, -0.2) is 0 Å². The van der Waals surface area contributed by atoms with Crippen LogP contribution in [0.3, 0.4) is 0 Å². The van der Waals surface area contributed by atoms with Crippen LogP contribution in [0.2, 0.25) is 0 Å². The molecule has 6 nitrogen and oxygen atoms in total. The monoisotopic (exact) mass is 229 g/mol. The van der Waals surface area contributed by atoms with Gasteiger partial charge in [0.2, 0.25) is 5.91 Å². The number of likely N-dealkylation sites (tertiary alicyclic amines) is 1. The normalized spacial score (nSPS) is 22.0. The largest absolute Gasteiger partial charge is 0.481 e. The quantitative estimate of drug-likeness (QED) is 0.671. The smallest absolute Gasteiger partial charge is 0.310 e. The SMILES string of the molecule is COC(=O)C1CC(=O)N(CC(C)C(=O)O)C1. The van der Waals surface area contributed by atoms with E-state index in [1.165, 1.54) is 18.9 Å². The highest BCUT2D eigenvalue weighted by molar-refractivity contribution is 5.87. The van der Waals surface area contributed by atoms with Crippen LogP contribution in [0.15, 0.2) is 0 Å². The number of carboxylic acid groups (broad SMARTS) is 1. The number of carbonyl (C=O) groups excluding carboxylic acids is 2. The molecule has 0 aromatic heterocycles. The van der Waals surface area contributed by atoms with E-state index in [-0.39, 0.29) is 25.4 Å². The van der Waals surface area contributed by atoms with Gasteiger partial charge < -0.3 is 14.7 Å². The first-order valence-corrected chi connectivity index (χ1v) is 5.04. The van der Waals surface area contributed by atoms with Crippen molar-refractivity contribution in [3.63, 3.8) is 0 Å². The fourth-order valence-electron chi connectivity index (χ4n) is 1.68. The van der Waals surface area contributed by atoms with Crippen molar-refractivity contribution in [3.8, 4) is 0 Å². The summed E-state index contributed by atoms with van der Waals surface area (Å²) in [5.41, 5.74) is 0. The van der Waals surface area contributed by atoms with Crippen molar-refractivity contribution < 1.29 is 24.2 Å². The number of rotatable bonds is 4. The molecule has 1 saturated heterocycles. The van der Waals surface area contributed by atoms with Crippen molar-refractivity contribution >= 4 is 17.8 Å². The Morgan fingerprint density at radius 2 is 2.25 bits per heavy atom. The minimum absolute atomic E-state index is 0.110. The summed E-state index contributed by atoms with van der Waals surface area (Å²) < 4.78 is 4.55. The topological polar surface area (TPSA) is 83.9 Å². The summed E-state index contributed by atoms with van der Waals surface area (Å²) in [6, 6.07) is 0. The van der Waals surface area contributed by atoms with E-state index in [0.29, 0.717) is 0 Å². The highest BCUT2D eigenvalue weighted by Crippen LogP contribution is 2.20. The van der Waals surface area contributed by atoms with Gasteiger partial charge in [-0.15, -0.1) is 0 Å². The molecule has 16 heavy (non-hydrogen) atoms. The van der Waals surface area contributed by atoms with E-state index < -0.39 is 23.8 Å². The summed E-state index contributed by atoms with van der Waals surface area (Å²) in [5, 5.41) is 8.72. The molecule has 0 aromatic rings. The first-order valence-electron chi connectivity index (χ1n) is 5.04. The fraction of sp³-hybridized carbons (Fsp3) is 0.700. The minimum atomic E-state index is -0.950. The van der Waals surface area contributed by atoms with Crippen LogP contribution >= 0.6 is 0 Å². The van der Waals surface area contributed by atoms with Crippen molar-refractivity contribution in [2.75, 3.05) is 20.2 Å². The van der Waals surface area contributed by atoms with Gasteiger partial charge in [-0.3, -0.25) is 14.4 Å². The molecule has 6 heteroatoms. The van der Waals surface area contributed by atoms with E-state index in [2.05, 4.69) is 4.74 Å². The molecule has 1 heterocycles. The molecule has 0 radical (unpaired) electrons. The summed E-state index contributed by atoms with van der Waals surface area (Å²) >= 11 is 0.